The van der Waals surface area contributed by atoms with E-state index in [0.717, 1.165) is 16.9 Å². The molecular weight excluding hydrogens is 314 g/mol. The van der Waals surface area contributed by atoms with Gasteiger partial charge in [0, 0.05) is 17.2 Å². The molecule has 5 nitrogen and oxygen atoms in total. The number of carbonyl (C=O) groups excluding carboxylic acids is 1. The van der Waals surface area contributed by atoms with Gasteiger partial charge in [-0.3, -0.25) is 5.32 Å². The molecule has 3 aromatic rings. The third kappa shape index (κ3) is 4.26. The molecule has 0 atom stereocenters. The van der Waals surface area contributed by atoms with Crippen LogP contribution in [0, 0.1) is 0 Å². The predicted octanol–water partition coefficient (Wildman–Crippen LogP) is 5.28. The molecule has 2 amide bonds. The Labute approximate surface area is 147 Å². The summed E-state index contributed by atoms with van der Waals surface area (Å²) in [4.78, 5) is 12.1. The lowest BCUT2D eigenvalue weighted by atomic mass is 9.93. The van der Waals surface area contributed by atoms with Gasteiger partial charge in [0.05, 0.1) is 0 Å². The molecule has 2 N–H and O–H groups in total. The van der Waals surface area contributed by atoms with E-state index in [4.69, 9.17) is 4.52 Å². The first-order chi connectivity index (χ1) is 11.9. The molecule has 2 aromatic carbocycles. The zero-order chi connectivity index (χ0) is 17.9. The molecule has 1 heterocycles. The van der Waals surface area contributed by atoms with Crippen LogP contribution in [0.15, 0.2) is 65.2 Å². The van der Waals surface area contributed by atoms with E-state index in [1.807, 2.05) is 75.4 Å². The van der Waals surface area contributed by atoms with Gasteiger partial charge in [-0.1, -0.05) is 68.4 Å². The average Bonchev–Trinajstić information content (AvgIpc) is 3.05. The van der Waals surface area contributed by atoms with Crippen LogP contribution in [0.25, 0.3) is 11.1 Å². The zero-order valence-electron chi connectivity index (χ0n) is 14.5. The molecule has 3 rings (SSSR count). The second-order valence-corrected chi connectivity index (χ2v) is 6.85. The van der Waals surface area contributed by atoms with Gasteiger partial charge < -0.3 is 9.84 Å². The highest BCUT2D eigenvalue weighted by atomic mass is 16.5. The summed E-state index contributed by atoms with van der Waals surface area (Å²) in [6.45, 7) is 6.06. The summed E-state index contributed by atoms with van der Waals surface area (Å²) in [5.74, 6) is 1.11. The monoisotopic (exact) mass is 335 g/mol. The van der Waals surface area contributed by atoms with Crippen LogP contribution in [0.1, 0.15) is 26.5 Å². The Morgan fingerprint density at radius 3 is 2.16 bits per heavy atom. The second kappa shape index (κ2) is 6.81. The van der Waals surface area contributed by atoms with Crippen LogP contribution in [0.4, 0.5) is 16.3 Å². The van der Waals surface area contributed by atoms with Crippen LogP contribution in [0.5, 0.6) is 0 Å². The SMILES string of the molecule is CC(C)(C)c1cc(NC(=O)Nc2ccc(-c3ccccc3)cc2)no1. The highest BCUT2D eigenvalue weighted by molar-refractivity contribution is 5.99. The van der Waals surface area contributed by atoms with E-state index in [1.165, 1.54) is 0 Å². The van der Waals surface area contributed by atoms with Crippen molar-refractivity contribution in [1.82, 2.24) is 5.16 Å². The molecule has 25 heavy (non-hydrogen) atoms. The molecule has 0 bridgehead atoms. The number of rotatable bonds is 3. The Morgan fingerprint density at radius 1 is 0.920 bits per heavy atom. The Morgan fingerprint density at radius 2 is 1.56 bits per heavy atom. The van der Waals surface area contributed by atoms with Crippen molar-refractivity contribution in [3.8, 4) is 11.1 Å². The van der Waals surface area contributed by atoms with E-state index >= 15 is 0 Å². The third-order valence-electron chi connectivity index (χ3n) is 3.74. The largest absolute Gasteiger partial charge is 0.359 e. The van der Waals surface area contributed by atoms with Crippen molar-refractivity contribution in [1.29, 1.82) is 0 Å². The second-order valence-electron chi connectivity index (χ2n) is 6.85. The summed E-state index contributed by atoms with van der Waals surface area (Å²) in [7, 11) is 0. The van der Waals surface area contributed by atoms with Gasteiger partial charge in [-0.2, -0.15) is 0 Å². The Bertz CT molecular complexity index is 847. The van der Waals surface area contributed by atoms with Crippen molar-refractivity contribution in [3.05, 3.63) is 66.4 Å². The fourth-order valence-electron chi connectivity index (χ4n) is 2.34. The van der Waals surface area contributed by atoms with Gasteiger partial charge in [-0.15, -0.1) is 0 Å². The van der Waals surface area contributed by atoms with E-state index in [1.54, 1.807) is 6.07 Å². The average molecular weight is 335 g/mol. The first-order valence-electron chi connectivity index (χ1n) is 8.12. The maximum absolute atomic E-state index is 12.1. The first kappa shape index (κ1) is 16.8. The van der Waals surface area contributed by atoms with Crippen molar-refractivity contribution in [3.63, 3.8) is 0 Å². The van der Waals surface area contributed by atoms with E-state index in [0.29, 0.717) is 11.5 Å². The van der Waals surface area contributed by atoms with E-state index < -0.39 is 0 Å². The number of nitrogens with one attached hydrogen (secondary N) is 2. The summed E-state index contributed by atoms with van der Waals surface area (Å²) < 4.78 is 5.25. The fourth-order valence-corrected chi connectivity index (χ4v) is 2.34. The van der Waals surface area contributed by atoms with Gasteiger partial charge in [-0.05, 0) is 23.3 Å². The number of hydrogen-bond donors (Lipinski definition) is 2. The molecule has 0 fully saturated rings. The maximum Gasteiger partial charge on any atom is 0.324 e. The van der Waals surface area contributed by atoms with Gasteiger partial charge in [-0.25, -0.2) is 4.79 Å². The molecular formula is C20H21N3O2. The molecule has 1 aromatic heterocycles. The number of aromatic nitrogens is 1. The molecule has 0 unspecified atom stereocenters. The molecule has 5 heteroatoms. The smallest absolute Gasteiger partial charge is 0.324 e. The van der Waals surface area contributed by atoms with Gasteiger partial charge in [0.15, 0.2) is 5.82 Å². The van der Waals surface area contributed by atoms with Crippen molar-refractivity contribution in [2.45, 2.75) is 26.2 Å². The van der Waals surface area contributed by atoms with E-state index in [9.17, 15) is 4.79 Å². The van der Waals surface area contributed by atoms with Crippen molar-refractivity contribution in [2.75, 3.05) is 10.6 Å². The quantitative estimate of drug-likeness (QED) is 0.684. The molecule has 0 spiro atoms. The van der Waals surface area contributed by atoms with Crippen molar-refractivity contribution < 1.29 is 9.32 Å². The molecule has 0 aliphatic rings. The number of hydrogen-bond acceptors (Lipinski definition) is 3. The maximum atomic E-state index is 12.1. The first-order valence-corrected chi connectivity index (χ1v) is 8.12. The van der Waals surface area contributed by atoms with Gasteiger partial charge in [0.25, 0.3) is 0 Å². The molecule has 0 saturated carbocycles. The minimum absolute atomic E-state index is 0.156. The minimum Gasteiger partial charge on any atom is -0.359 e. The fraction of sp³-hybridized carbons (Fsp3) is 0.200. The van der Waals surface area contributed by atoms with Crippen molar-refractivity contribution in [2.24, 2.45) is 0 Å². The topological polar surface area (TPSA) is 67.2 Å². The lowest BCUT2D eigenvalue weighted by Gasteiger charge is -2.12. The lowest BCUT2D eigenvalue weighted by molar-refractivity contribution is 0.262. The Hall–Kier alpha value is -3.08. The minimum atomic E-state index is -0.360. The summed E-state index contributed by atoms with van der Waals surface area (Å²) in [6.07, 6.45) is 0. The number of nitrogens with zero attached hydrogens (tertiary/aromatic N) is 1. The molecule has 128 valence electrons. The highest BCUT2D eigenvalue weighted by Gasteiger charge is 2.20. The standard InChI is InChI=1S/C20H21N3O2/c1-20(2,3)17-13-18(23-25-17)22-19(24)21-16-11-9-15(10-12-16)14-7-5-4-6-8-14/h4-13H,1-3H3,(H2,21,22,23,24). The number of carbonyl (C=O) groups is 1. The summed E-state index contributed by atoms with van der Waals surface area (Å²) in [5.41, 5.74) is 2.78. The third-order valence-corrected chi connectivity index (χ3v) is 3.74. The van der Waals surface area contributed by atoms with Crippen LogP contribution in [0.3, 0.4) is 0 Å². The van der Waals surface area contributed by atoms with Crippen LogP contribution < -0.4 is 10.6 Å². The number of benzene rings is 2. The molecule has 0 aliphatic heterocycles. The number of anilines is 2. The zero-order valence-corrected chi connectivity index (χ0v) is 14.5. The Kier molecular flexibility index (Phi) is 4.57. The molecule has 0 radical (unpaired) electrons. The normalized spacial score (nSPS) is 11.2. The van der Waals surface area contributed by atoms with Crippen molar-refractivity contribution >= 4 is 17.5 Å². The van der Waals surface area contributed by atoms with Crippen LogP contribution in [0.2, 0.25) is 0 Å². The summed E-state index contributed by atoms with van der Waals surface area (Å²) in [6, 6.07) is 19.1. The molecule has 0 aliphatic carbocycles. The Balaban J connectivity index is 1.62. The van der Waals surface area contributed by atoms with Gasteiger partial charge in [0.2, 0.25) is 0 Å². The summed E-state index contributed by atoms with van der Waals surface area (Å²) >= 11 is 0. The number of urea groups is 1. The van der Waals surface area contributed by atoms with Crippen LogP contribution >= 0.6 is 0 Å². The lowest BCUT2D eigenvalue weighted by Crippen LogP contribution is -2.19. The van der Waals surface area contributed by atoms with Crippen LogP contribution in [-0.2, 0) is 5.41 Å². The number of amides is 2. The molecule has 0 saturated heterocycles. The van der Waals surface area contributed by atoms with Gasteiger partial charge in [0.1, 0.15) is 5.76 Å². The predicted molar refractivity (Wildman–Crippen MR) is 99.7 cm³/mol. The van der Waals surface area contributed by atoms with E-state index in [-0.39, 0.29) is 11.4 Å². The summed E-state index contributed by atoms with van der Waals surface area (Å²) in [5, 5.41) is 9.33. The van der Waals surface area contributed by atoms with E-state index in [2.05, 4.69) is 15.8 Å². The van der Waals surface area contributed by atoms with Crippen LogP contribution in [-0.4, -0.2) is 11.2 Å². The highest BCUT2D eigenvalue weighted by Crippen LogP contribution is 2.24. The van der Waals surface area contributed by atoms with Gasteiger partial charge >= 0.3 is 6.03 Å².